The van der Waals surface area contributed by atoms with Gasteiger partial charge in [-0.25, -0.2) is 0 Å². The van der Waals surface area contributed by atoms with Gasteiger partial charge in [0.15, 0.2) is 0 Å². The molecule has 2 rings (SSSR count). The van der Waals surface area contributed by atoms with Crippen LogP contribution in [0.5, 0.6) is 0 Å². The van der Waals surface area contributed by atoms with Crippen molar-refractivity contribution in [2.75, 3.05) is 13.1 Å². The number of primary amides is 1. The number of carbonyl (C=O) groups excluding carboxylic acids is 2. The molecule has 0 aromatic carbocycles. The zero-order valence-electron chi connectivity index (χ0n) is 9.88. The minimum absolute atomic E-state index is 0.0310. The lowest BCUT2D eigenvalue weighted by molar-refractivity contribution is -0.135. The number of rotatable bonds is 3. The maximum absolute atomic E-state index is 12.0. The Labute approximate surface area is 113 Å². The summed E-state index contributed by atoms with van der Waals surface area (Å²) in [4.78, 5) is 24.9. The summed E-state index contributed by atoms with van der Waals surface area (Å²) < 4.78 is 2.41. The molecular formula is C11H15BrN4O2. The topological polar surface area (TPSA) is 81.2 Å². The summed E-state index contributed by atoms with van der Waals surface area (Å²) >= 11 is 3.28. The number of halogens is 1. The molecule has 2 N–H and O–H groups in total. The van der Waals surface area contributed by atoms with Crippen molar-refractivity contribution in [2.45, 2.75) is 19.4 Å². The number of amides is 2. The normalized spacial score (nSPS) is 19.8. The van der Waals surface area contributed by atoms with Crippen LogP contribution >= 0.6 is 15.9 Å². The number of hydrogen-bond donors (Lipinski definition) is 1. The third kappa shape index (κ3) is 3.10. The molecule has 0 bridgehead atoms. The Kier molecular flexibility index (Phi) is 4.00. The molecule has 0 unspecified atom stereocenters. The Morgan fingerprint density at radius 2 is 2.33 bits per heavy atom. The summed E-state index contributed by atoms with van der Waals surface area (Å²) in [5, 5.41) is 4.04. The van der Waals surface area contributed by atoms with Crippen LogP contribution in [0.15, 0.2) is 16.9 Å². The van der Waals surface area contributed by atoms with Gasteiger partial charge in [-0.05, 0) is 28.8 Å². The highest BCUT2D eigenvalue weighted by Crippen LogP contribution is 2.16. The Bertz CT molecular complexity index is 460. The molecule has 1 aromatic heterocycles. The molecular weight excluding hydrogens is 300 g/mol. The maximum atomic E-state index is 12.0. The van der Waals surface area contributed by atoms with Gasteiger partial charge in [-0.2, -0.15) is 5.10 Å². The molecule has 1 saturated heterocycles. The summed E-state index contributed by atoms with van der Waals surface area (Å²) in [7, 11) is 0. The van der Waals surface area contributed by atoms with Crippen molar-refractivity contribution in [2.24, 2.45) is 11.7 Å². The zero-order chi connectivity index (χ0) is 13.1. The molecule has 1 aromatic rings. The number of likely N-dealkylation sites (tertiary alicyclic amines) is 1. The van der Waals surface area contributed by atoms with Crippen molar-refractivity contribution in [1.29, 1.82) is 0 Å². The van der Waals surface area contributed by atoms with Crippen molar-refractivity contribution in [3.05, 3.63) is 16.9 Å². The summed E-state index contributed by atoms with van der Waals surface area (Å²) in [5.74, 6) is -0.571. The highest BCUT2D eigenvalue weighted by molar-refractivity contribution is 9.10. The van der Waals surface area contributed by atoms with E-state index in [0.29, 0.717) is 13.1 Å². The predicted octanol–water partition coefficient (Wildman–Crippen LogP) is 0.369. The van der Waals surface area contributed by atoms with Crippen LogP contribution in [0, 0.1) is 5.92 Å². The van der Waals surface area contributed by atoms with Gasteiger partial charge in [0.05, 0.1) is 16.6 Å². The predicted molar refractivity (Wildman–Crippen MR) is 68.4 cm³/mol. The molecule has 0 aliphatic carbocycles. The quantitative estimate of drug-likeness (QED) is 0.875. The smallest absolute Gasteiger partial charge is 0.244 e. The maximum Gasteiger partial charge on any atom is 0.244 e. The number of piperidine rings is 1. The Balaban J connectivity index is 1.94. The van der Waals surface area contributed by atoms with Crippen LogP contribution in [0.3, 0.4) is 0 Å². The molecule has 2 heterocycles. The van der Waals surface area contributed by atoms with Crippen molar-refractivity contribution in [3.8, 4) is 0 Å². The van der Waals surface area contributed by atoms with E-state index in [0.717, 1.165) is 17.3 Å². The third-order valence-corrected chi connectivity index (χ3v) is 3.48. The second kappa shape index (κ2) is 5.51. The van der Waals surface area contributed by atoms with Crippen LogP contribution in [0.2, 0.25) is 0 Å². The first-order valence-electron chi connectivity index (χ1n) is 5.81. The SMILES string of the molecule is NC(=O)[C@H]1CCCN(C(=O)Cn2cc(Br)cn2)C1. The summed E-state index contributed by atoms with van der Waals surface area (Å²) in [6.45, 7) is 1.30. The first-order valence-corrected chi connectivity index (χ1v) is 6.60. The zero-order valence-corrected chi connectivity index (χ0v) is 11.5. The highest BCUT2D eigenvalue weighted by atomic mass is 79.9. The Morgan fingerprint density at radius 1 is 1.56 bits per heavy atom. The van der Waals surface area contributed by atoms with Crippen LogP contribution in [0.4, 0.5) is 0 Å². The number of carbonyl (C=O) groups is 2. The number of aromatic nitrogens is 2. The molecule has 98 valence electrons. The van der Waals surface area contributed by atoms with E-state index < -0.39 is 0 Å². The highest BCUT2D eigenvalue weighted by Gasteiger charge is 2.26. The monoisotopic (exact) mass is 314 g/mol. The first kappa shape index (κ1) is 13.1. The van der Waals surface area contributed by atoms with Gasteiger partial charge in [0, 0.05) is 19.3 Å². The lowest BCUT2D eigenvalue weighted by atomic mass is 9.97. The molecule has 18 heavy (non-hydrogen) atoms. The largest absolute Gasteiger partial charge is 0.369 e. The summed E-state index contributed by atoms with van der Waals surface area (Å²) in [5.41, 5.74) is 5.28. The van der Waals surface area contributed by atoms with E-state index in [1.807, 2.05) is 0 Å². The van der Waals surface area contributed by atoms with Gasteiger partial charge in [-0.1, -0.05) is 0 Å². The molecule has 7 heteroatoms. The fraction of sp³-hybridized carbons (Fsp3) is 0.545. The number of hydrogen-bond acceptors (Lipinski definition) is 3. The average Bonchev–Trinajstić information content (AvgIpc) is 2.75. The van der Waals surface area contributed by atoms with Crippen molar-refractivity contribution < 1.29 is 9.59 Å². The van der Waals surface area contributed by atoms with Gasteiger partial charge < -0.3 is 10.6 Å². The van der Waals surface area contributed by atoms with Crippen LogP contribution in [-0.4, -0.2) is 39.6 Å². The van der Waals surface area contributed by atoms with Crippen molar-refractivity contribution >= 4 is 27.7 Å². The van der Waals surface area contributed by atoms with Gasteiger partial charge in [0.2, 0.25) is 11.8 Å². The van der Waals surface area contributed by atoms with Gasteiger partial charge in [-0.15, -0.1) is 0 Å². The second-order valence-corrected chi connectivity index (χ2v) is 5.35. The summed E-state index contributed by atoms with van der Waals surface area (Å²) in [6, 6.07) is 0. The van der Waals surface area contributed by atoms with E-state index in [1.165, 1.54) is 0 Å². The minimum Gasteiger partial charge on any atom is -0.369 e. The molecule has 2 amide bonds. The van der Waals surface area contributed by atoms with E-state index >= 15 is 0 Å². The van der Waals surface area contributed by atoms with E-state index in [9.17, 15) is 9.59 Å². The Morgan fingerprint density at radius 3 is 2.94 bits per heavy atom. The van der Waals surface area contributed by atoms with Gasteiger partial charge >= 0.3 is 0 Å². The fourth-order valence-electron chi connectivity index (χ4n) is 2.10. The molecule has 0 saturated carbocycles. The van der Waals surface area contributed by atoms with E-state index in [4.69, 9.17) is 5.73 Å². The van der Waals surface area contributed by atoms with Crippen LogP contribution in [0.25, 0.3) is 0 Å². The minimum atomic E-state index is -0.325. The standard InChI is InChI=1S/C11H15BrN4O2/c12-9-4-14-16(6-9)7-10(17)15-3-1-2-8(5-15)11(13)18/h4,6,8H,1-3,5,7H2,(H2,13,18)/t8-/m0/s1. The van der Waals surface area contributed by atoms with E-state index in [2.05, 4.69) is 21.0 Å². The van der Waals surface area contributed by atoms with E-state index in [-0.39, 0.29) is 24.3 Å². The van der Waals surface area contributed by atoms with Gasteiger partial charge in [0.25, 0.3) is 0 Å². The first-order chi connectivity index (χ1) is 8.56. The summed E-state index contributed by atoms with van der Waals surface area (Å²) in [6.07, 6.45) is 4.97. The molecule has 1 aliphatic rings. The van der Waals surface area contributed by atoms with Crippen molar-refractivity contribution in [3.63, 3.8) is 0 Å². The van der Waals surface area contributed by atoms with Crippen molar-refractivity contribution in [1.82, 2.24) is 14.7 Å². The molecule has 0 spiro atoms. The molecule has 1 atom stereocenters. The lowest BCUT2D eigenvalue weighted by Gasteiger charge is -2.31. The third-order valence-electron chi connectivity index (χ3n) is 3.08. The molecule has 1 fully saturated rings. The van der Waals surface area contributed by atoms with Crippen LogP contribution in [0.1, 0.15) is 12.8 Å². The van der Waals surface area contributed by atoms with E-state index in [1.54, 1.807) is 22.0 Å². The molecule has 0 radical (unpaired) electrons. The number of nitrogens with two attached hydrogens (primary N) is 1. The molecule has 1 aliphatic heterocycles. The lowest BCUT2D eigenvalue weighted by Crippen LogP contribution is -2.45. The Hall–Kier alpha value is -1.37. The van der Waals surface area contributed by atoms with Gasteiger partial charge in [-0.3, -0.25) is 14.3 Å². The molecule has 6 nitrogen and oxygen atoms in total. The number of nitrogens with zero attached hydrogens (tertiary/aromatic N) is 3. The van der Waals surface area contributed by atoms with Gasteiger partial charge in [0.1, 0.15) is 6.54 Å². The average molecular weight is 315 g/mol. The van der Waals surface area contributed by atoms with Crippen LogP contribution in [-0.2, 0) is 16.1 Å². The fourth-order valence-corrected chi connectivity index (χ4v) is 2.43. The second-order valence-electron chi connectivity index (χ2n) is 4.44. The van der Waals surface area contributed by atoms with Crippen LogP contribution < -0.4 is 5.73 Å².